The summed E-state index contributed by atoms with van der Waals surface area (Å²) in [7, 11) is 6.21. The van der Waals surface area contributed by atoms with Gasteiger partial charge < -0.3 is 19.1 Å². The van der Waals surface area contributed by atoms with E-state index in [2.05, 4.69) is 0 Å². The molecular weight excluding hydrogens is 350 g/mol. The molecule has 0 radical (unpaired) electrons. The normalized spacial score (nSPS) is 11.1. The Morgan fingerprint density at radius 3 is 2.37 bits per heavy atom. The molecule has 0 aliphatic heterocycles. The van der Waals surface area contributed by atoms with Crippen LogP contribution >= 0.6 is 0 Å². The van der Waals surface area contributed by atoms with Gasteiger partial charge in [0.2, 0.25) is 0 Å². The highest BCUT2D eigenvalue weighted by atomic mass is 16.5. The lowest BCUT2D eigenvalue weighted by molar-refractivity contribution is 0.280. The summed E-state index contributed by atoms with van der Waals surface area (Å²) < 4.78 is 15.1. The molecule has 27 heavy (non-hydrogen) atoms. The van der Waals surface area contributed by atoms with Crippen LogP contribution in [0, 0.1) is 0 Å². The van der Waals surface area contributed by atoms with Crippen LogP contribution in [0.25, 0.3) is 22.2 Å². The zero-order valence-electron chi connectivity index (χ0n) is 15.9. The fourth-order valence-corrected chi connectivity index (χ4v) is 3.30. The molecule has 8 heteroatoms. The number of hydrogen-bond acceptors (Lipinski definition) is 5. The first-order chi connectivity index (χ1) is 12.9. The standard InChI is InChI=1S/C19H23N3O5/c1-20-13-11-22(8-5-9-23)17(16(13)18(24)21(2)19(20)25)12-6-7-14(26-3)15(10-12)27-4/h6-7,10-11,23H,5,8-9H2,1-4H3. The number of aliphatic hydroxyl groups is 1. The van der Waals surface area contributed by atoms with Gasteiger partial charge in [-0.15, -0.1) is 0 Å². The third kappa shape index (κ3) is 3.02. The maximum absolute atomic E-state index is 12.9. The van der Waals surface area contributed by atoms with Crippen molar-refractivity contribution in [3.05, 3.63) is 45.2 Å². The Kier molecular flexibility index (Phi) is 5.09. The van der Waals surface area contributed by atoms with E-state index in [4.69, 9.17) is 9.47 Å². The van der Waals surface area contributed by atoms with Gasteiger partial charge in [-0.05, 0) is 24.6 Å². The second kappa shape index (κ2) is 7.32. The SMILES string of the molecule is COc1ccc(-c2c3c(=O)n(C)c(=O)n(C)c3cn2CCCO)cc1OC. The predicted molar refractivity (Wildman–Crippen MR) is 103 cm³/mol. The number of benzene rings is 1. The van der Waals surface area contributed by atoms with E-state index in [-0.39, 0.29) is 17.9 Å². The lowest BCUT2D eigenvalue weighted by Crippen LogP contribution is -2.36. The maximum atomic E-state index is 12.9. The van der Waals surface area contributed by atoms with Crippen molar-refractivity contribution in [3.8, 4) is 22.8 Å². The maximum Gasteiger partial charge on any atom is 0.330 e. The predicted octanol–water partition coefficient (Wildman–Crippen LogP) is 1.11. The molecular formula is C19H23N3O5. The van der Waals surface area contributed by atoms with E-state index in [1.807, 2.05) is 10.6 Å². The largest absolute Gasteiger partial charge is 0.493 e. The summed E-state index contributed by atoms with van der Waals surface area (Å²) in [6, 6.07) is 5.42. The lowest BCUT2D eigenvalue weighted by Gasteiger charge is -2.12. The van der Waals surface area contributed by atoms with Crippen LogP contribution in [0.1, 0.15) is 6.42 Å². The van der Waals surface area contributed by atoms with Gasteiger partial charge in [-0.25, -0.2) is 4.79 Å². The Balaban J connectivity index is 2.40. The number of hydrogen-bond donors (Lipinski definition) is 1. The molecule has 0 aliphatic rings. The highest BCUT2D eigenvalue weighted by molar-refractivity contribution is 5.94. The van der Waals surface area contributed by atoms with E-state index >= 15 is 0 Å². The molecule has 0 amide bonds. The molecule has 2 aromatic heterocycles. The number of nitrogens with zero attached hydrogens (tertiary/aromatic N) is 3. The Morgan fingerprint density at radius 2 is 1.74 bits per heavy atom. The van der Waals surface area contributed by atoms with Gasteiger partial charge in [-0.2, -0.15) is 0 Å². The zero-order chi connectivity index (χ0) is 19.7. The van der Waals surface area contributed by atoms with Crippen LogP contribution in [-0.4, -0.2) is 39.6 Å². The van der Waals surface area contributed by atoms with Gasteiger partial charge in [-0.1, -0.05) is 0 Å². The Bertz CT molecular complexity index is 1110. The molecule has 2 heterocycles. The summed E-state index contributed by atoms with van der Waals surface area (Å²) in [5.41, 5.74) is 1.24. The fraction of sp³-hybridized carbons (Fsp3) is 0.368. The van der Waals surface area contributed by atoms with Gasteiger partial charge in [0, 0.05) is 39.0 Å². The van der Waals surface area contributed by atoms with Crippen LogP contribution in [0.15, 0.2) is 34.0 Å². The van der Waals surface area contributed by atoms with Crippen LogP contribution in [0.4, 0.5) is 0 Å². The van der Waals surface area contributed by atoms with Crippen LogP contribution in [-0.2, 0) is 20.6 Å². The van der Waals surface area contributed by atoms with Gasteiger partial charge in [-0.3, -0.25) is 13.9 Å². The minimum absolute atomic E-state index is 0.0246. The number of aliphatic hydroxyl groups excluding tert-OH is 1. The van der Waals surface area contributed by atoms with Crippen molar-refractivity contribution in [2.24, 2.45) is 14.1 Å². The van der Waals surface area contributed by atoms with Crippen molar-refractivity contribution in [2.75, 3.05) is 20.8 Å². The van der Waals surface area contributed by atoms with Crippen LogP contribution in [0.3, 0.4) is 0 Å². The molecule has 0 fully saturated rings. The highest BCUT2D eigenvalue weighted by Gasteiger charge is 2.20. The smallest absolute Gasteiger partial charge is 0.330 e. The minimum Gasteiger partial charge on any atom is -0.493 e. The molecule has 0 unspecified atom stereocenters. The molecule has 0 spiro atoms. The number of fused-ring (bicyclic) bond motifs is 1. The molecule has 0 saturated heterocycles. The topological polar surface area (TPSA) is 87.6 Å². The lowest BCUT2D eigenvalue weighted by atomic mass is 10.1. The summed E-state index contributed by atoms with van der Waals surface area (Å²) in [4.78, 5) is 25.2. The quantitative estimate of drug-likeness (QED) is 0.699. The molecule has 1 aromatic carbocycles. The van der Waals surface area contributed by atoms with Crippen molar-refractivity contribution in [1.82, 2.24) is 13.7 Å². The second-order valence-electron chi connectivity index (χ2n) is 6.28. The van der Waals surface area contributed by atoms with Crippen molar-refractivity contribution >= 4 is 10.9 Å². The summed E-state index contributed by atoms with van der Waals surface area (Å²) in [6.07, 6.45) is 2.30. The molecule has 1 N–H and O–H groups in total. The number of aromatic nitrogens is 3. The molecule has 0 atom stereocenters. The summed E-state index contributed by atoms with van der Waals surface area (Å²) in [5.74, 6) is 1.12. The molecule has 0 saturated carbocycles. The number of methoxy groups -OCH3 is 2. The summed E-state index contributed by atoms with van der Waals surface area (Å²) in [5, 5.41) is 9.69. The van der Waals surface area contributed by atoms with Crippen molar-refractivity contribution in [3.63, 3.8) is 0 Å². The van der Waals surface area contributed by atoms with E-state index in [1.54, 1.807) is 39.6 Å². The third-order valence-electron chi connectivity index (χ3n) is 4.73. The fourth-order valence-electron chi connectivity index (χ4n) is 3.30. The van der Waals surface area contributed by atoms with Gasteiger partial charge in [0.15, 0.2) is 11.5 Å². The minimum atomic E-state index is -0.384. The van der Waals surface area contributed by atoms with E-state index in [0.29, 0.717) is 41.1 Å². The first-order valence-electron chi connectivity index (χ1n) is 8.56. The molecule has 144 valence electrons. The molecule has 0 aliphatic carbocycles. The second-order valence-corrected chi connectivity index (χ2v) is 6.28. The van der Waals surface area contributed by atoms with E-state index in [0.717, 1.165) is 10.1 Å². The average Bonchev–Trinajstić information content (AvgIpc) is 3.08. The molecule has 0 bridgehead atoms. The van der Waals surface area contributed by atoms with Gasteiger partial charge in [0.1, 0.15) is 0 Å². The van der Waals surface area contributed by atoms with Gasteiger partial charge >= 0.3 is 5.69 Å². The molecule has 3 aromatic rings. The first kappa shape index (κ1) is 18.8. The molecule has 3 rings (SSSR count). The van der Waals surface area contributed by atoms with Crippen LogP contribution < -0.4 is 20.7 Å². The van der Waals surface area contributed by atoms with Crippen molar-refractivity contribution in [2.45, 2.75) is 13.0 Å². The van der Waals surface area contributed by atoms with Crippen molar-refractivity contribution in [1.29, 1.82) is 0 Å². The van der Waals surface area contributed by atoms with Crippen LogP contribution in [0.5, 0.6) is 11.5 Å². The summed E-state index contributed by atoms with van der Waals surface area (Å²) >= 11 is 0. The summed E-state index contributed by atoms with van der Waals surface area (Å²) in [6.45, 7) is 0.531. The van der Waals surface area contributed by atoms with E-state index in [9.17, 15) is 14.7 Å². The Morgan fingerprint density at radius 1 is 1.04 bits per heavy atom. The highest BCUT2D eigenvalue weighted by Crippen LogP contribution is 2.35. The number of ether oxygens (including phenoxy) is 2. The van der Waals surface area contributed by atoms with E-state index in [1.165, 1.54) is 11.6 Å². The molecule has 8 nitrogen and oxygen atoms in total. The van der Waals surface area contributed by atoms with E-state index < -0.39 is 0 Å². The van der Waals surface area contributed by atoms with Gasteiger partial charge in [0.25, 0.3) is 5.56 Å². The van der Waals surface area contributed by atoms with Crippen molar-refractivity contribution < 1.29 is 14.6 Å². The average molecular weight is 373 g/mol. The number of rotatable bonds is 6. The number of aryl methyl sites for hydroxylation is 2. The Hall–Kier alpha value is -3.00. The monoisotopic (exact) mass is 373 g/mol. The Labute approximate surface area is 155 Å². The van der Waals surface area contributed by atoms with Gasteiger partial charge in [0.05, 0.1) is 30.8 Å². The third-order valence-corrected chi connectivity index (χ3v) is 4.73. The zero-order valence-corrected chi connectivity index (χ0v) is 15.9. The van der Waals surface area contributed by atoms with Crippen LogP contribution in [0.2, 0.25) is 0 Å². The first-order valence-corrected chi connectivity index (χ1v) is 8.56.